The fourth-order valence-corrected chi connectivity index (χ4v) is 21.3. The molecule has 8 aliphatic heterocycles. The maximum atomic E-state index is 9.33. The second kappa shape index (κ2) is 42.0. The molecule has 4 atom stereocenters. The monoisotopic (exact) mass is 1800 g/mol. The minimum Gasteiger partial charge on any atom is -0.496 e. The van der Waals surface area contributed by atoms with Crippen LogP contribution >= 0.6 is 39.1 Å². The van der Waals surface area contributed by atoms with Crippen LogP contribution in [0.4, 0.5) is 0 Å². The molecule has 0 radical (unpaired) electrons. The number of furan rings is 1. The fraction of sp³-hybridized carbons (Fsp3) is 0.292. The van der Waals surface area contributed by atoms with Crippen LogP contribution in [0.15, 0.2) is 319 Å². The average Bonchev–Trinajstić information content (AvgIpc) is 1.61. The summed E-state index contributed by atoms with van der Waals surface area (Å²) >= 11 is 16.8. The lowest BCUT2D eigenvalue weighted by molar-refractivity contribution is 0.269. The number of fused-ring (bicyclic) bond motifs is 7. The van der Waals surface area contributed by atoms with E-state index < -0.39 is 0 Å². The van der Waals surface area contributed by atoms with Crippen molar-refractivity contribution >= 4 is 112 Å². The van der Waals surface area contributed by atoms with Crippen LogP contribution in [0.5, 0.6) is 5.75 Å². The number of aryl methyl sites for hydroxylation is 8. The summed E-state index contributed by atoms with van der Waals surface area (Å²) in [5.41, 5.74) is 20.3. The Kier molecular flexibility index (Phi) is 28.5. The highest BCUT2D eigenvalue weighted by Gasteiger charge is 2.36. The van der Waals surface area contributed by atoms with Crippen LogP contribution in [-0.2, 0) is 64.2 Å². The van der Waals surface area contributed by atoms with E-state index >= 15 is 0 Å². The lowest BCUT2D eigenvalue weighted by atomic mass is 9.95. The highest BCUT2D eigenvalue weighted by molar-refractivity contribution is 9.10. The van der Waals surface area contributed by atoms with Crippen molar-refractivity contribution in [2.75, 3.05) is 72.6 Å². The minimum absolute atomic E-state index is 0.219. The minimum atomic E-state index is -0.219. The Morgan fingerprint density at radius 1 is 0.403 bits per heavy atom. The number of nitrogens with zero attached hydrogens (tertiary/aromatic N) is 10. The number of nitriles is 1. The topological polar surface area (TPSA) is 133 Å². The number of amidine groups is 5. The van der Waals surface area contributed by atoms with E-state index in [0.29, 0.717) is 24.7 Å². The van der Waals surface area contributed by atoms with Gasteiger partial charge in [0, 0.05) is 80.4 Å². The van der Waals surface area contributed by atoms with Crippen molar-refractivity contribution in [1.82, 2.24) is 24.9 Å². The molecule has 3 saturated heterocycles. The second-order valence-electron chi connectivity index (χ2n) is 34.8. The number of benzene rings is 13. The molecule has 13 aromatic carbocycles. The molecule has 0 saturated carbocycles. The molecule has 3 fully saturated rings. The number of ether oxygens (including phenoxy) is 1. The molecule has 1 aromatic heterocycles. The van der Waals surface area contributed by atoms with Crippen LogP contribution in [-0.4, -0.2) is 146 Å². The van der Waals surface area contributed by atoms with Gasteiger partial charge in [0.15, 0.2) is 0 Å². The number of rotatable bonds is 22. The number of methoxy groups -OCH3 is 1. The molecule has 13 nitrogen and oxygen atoms in total. The van der Waals surface area contributed by atoms with Crippen molar-refractivity contribution in [3.63, 3.8) is 0 Å². The Morgan fingerprint density at radius 2 is 0.814 bits per heavy atom. The van der Waals surface area contributed by atoms with Crippen molar-refractivity contribution in [1.29, 1.82) is 5.26 Å². The van der Waals surface area contributed by atoms with E-state index in [0.717, 1.165) is 170 Å². The summed E-state index contributed by atoms with van der Waals surface area (Å²) < 4.78 is 12.1. The van der Waals surface area contributed by atoms with Gasteiger partial charge in [0.2, 0.25) is 0 Å². The molecule has 14 aromatic rings. The number of piperidine rings is 1. The Labute approximate surface area is 778 Å². The Bertz CT molecular complexity index is 6530. The van der Waals surface area contributed by atoms with Crippen LogP contribution in [0.1, 0.15) is 135 Å². The highest BCUT2D eigenvalue weighted by Crippen LogP contribution is 2.37. The predicted octanol–water partition coefficient (Wildman–Crippen LogP) is 24.0. The van der Waals surface area contributed by atoms with Crippen molar-refractivity contribution < 1.29 is 9.15 Å². The molecule has 0 aliphatic carbocycles. The zero-order valence-corrected chi connectivity index (χ0v) is 77.1. The number of aliphatic imine (C=N–C) groups is 5. The lowest BCUT2D eigenvalue weighted by Gasteiger charge is -2.32. The van der Waals surface area contributed by atoms with Gasteiger partial charge in [-0.05, 0) is 240 Å². The van der Waals surface area contributed by atoms with E-state index in [2.05, 4.69) is 293 Å². The van der Waals surface area contributed by atoms with Gasteiger partial charge in [-0.2, -0.15) is 5.26 Å². The molecular weight excluding hydrogens is 1690 g/mol. The van der Waals surface area contributed by atoms with E-state index in [1.54, 1.807) is 13.4 Å². The van der Waals surface area contributed by atoms with Gasteiger partial charge < -0.3 is 34.1 Å². The van der Waals surface area contributed by atoms with E-state index in [-0.39, 0.29) is 6.04 Å². The summed E-state index contributed by atoms with van der Waals surface area (Å²) in [5.74, 6) is 6.40. The predicted molar refractivity (Wildman–Crippen MR) is 539 cm³/mol. The molecule has 2 unspecified atom stereocenters. The van der Waals surface area contributed by atoms with Crippen molar-refractivity contribution in [2.45, 2.75) is 140 Å². The van der Waals surface area contributed by atoms with Crippen LogP contribution < -0.4 is 10.1 Å². The number of hydrogen-bond acceptors (Lipinski definition) is 13. The Balaban J connectivity index is 0.000000109. The van der Waals surface area contributed by atoms with Crippen LogP contribution in [0.2, 0.25) is 10.0 Å². The van der Waals surface area contributed by atoms with Gasteiger partial charge in [-0.1, -0.05) is 282 Å². The Morgan fingerprint density at radius 3 is 1.34 bits per heavy atom. The number of hydrogen-bond donors (Lipinski definition) is 1. The Hall–Kier alpha value is -12.1. The van der Waals surface area contributed by atoms with E-state index in [1.807, 2.05) is 49.4 Å². The van der Waals surface area contributed by atoms with E-state index in [1.165, 1.54) is 174 Å². The van der Waals surface area contributed by atoms with Gasteiger partial charge >= 0.3 is 0 Å². The average molecular weight is 1810 g/mol. The molecule has 0 amide bonds. The summed E-state index contributed by atoms with van der Waals surface area (Å²) in [5, 5.41) is 23.5. The van der Waals surface area contributed by atoms with Gasteiger partial charge in [0.1, 0.15) is 46.6 Å². The number of halogens is 3. The second-order valence-corrected chi connectivity index (χ2v) is 36.5. The van der Waals surface area contributed by atoms with Crippen molar-refractivity contribution in [3.05, 3.63) is 383 Å². The molecule has 0 bridgehead atoms. The first kappa shape index (κ1) is 87.6. The molecule has 8 aliphatic rings. The first-order valence-corrected chi connectivity index (χ1v) is 48.0. The zero-order chi connectivity index (χ0) is 87.8. The third-order valence-electron chi connectivity index (χ3n) is 27.0. The third-order valence-corrected chi connectivity index (χ3v) is 28.2. The summed E-state index contributed by atoms with van der Waals surface area (Å²) in [4.78, 5) is 33.6. The third kappa shape index (κ3) is 20.2. The molecule has 652 valence electrons. The summed E-state index contributed by atoms with van der Waals surface area (Å²) in [6.07, 6.45) is 20.5. The molecule has 0 spiro atoms. The summed E-state index contributed by atoms with van der Waals surface area (Å²) in [6, 6.07) is 103. The zero-order valence-electron chi connectivity index (χ0n) is 74.0. The first-order chi connectivity index (χ1) is 63.6. The maximum Gasteiger partial charge on any atom is 0.137 e. The molecular formula is C113H112BrCl2N11O2. The van der Waals surface area contributed by atoms with Gasteiger partial charge in [0.05, 0.1) is 70.3 Å². The number of nitrogens with one attached hydrogen (secondary N) is 1. The van der Waals surface area contributed by atoms with E-state index in [9.17, 15) is 5.26 Å². The van der Waals surface area contributed by atoms with Crippen molar-refractivity contribution in [3.8, 4) is 11.8 Å². The van der Waals surface area contributed by atoms with Gasteiger partial charge in [-0.3, -0.25) is 25.0 Å². The quantitative estimate of drug-likeness (QED) is 0.0709. The molecule has 16 heteroatoms. The maximum absolute atomic E-state index is 9.33. The van der Waals surface area contributed by atoms with Gasteiger partial charge in [0.25, 0.3) is 0 Å². The summed E-state index contributed by atoms with van der Waals surface area (Å²) in [6.45, 7) is 11.5. The summed E-state index contributed by atoms with van der Waals surface area (Å²) in [7, 11) is 1.68. The molecule has 129 heavy (non-hydrogen) atoms. The standard InChI is InChI=1S/C25H26N2.C24H23ClN2.C24H24N2.C21H21BrClN3O.C19H18N2O/c1-3-13-23-19(8-1)10-7-11-20(23)15-16-21-9-2-4-14-24(21)25-26-18-22-12-5-6-17-27(22)25;25-23-12-4-11-22(24-26-16-19-9-5-15-27(19)24)21(23)14-13-18-8-3-7-17-6-1-2-10-20(17)18;1-3-12-22-18(7-1)9-5-10-19(22)14-15-20-8-2-4-13-23(20)24-25-17-21-11-6-16-26(21)24;1-14(13-24)26-11-10-25-21(26)18-4-3-5-19(23)17(18)8-6-15-12-16(22)7-9-20(15)27-2;1-2-7-17(19-20-11-12-21-19)14(4-1)8-9-15-5-3-6-16-10-13-22-18(15)16/h1-4,7-11,13-14,22H,5-6,12,15-18H2;1-4,6-8,10-12,19H,5,9,13-16H2;1-5,7-10,12-13,21H,6,11,14-17H2;3-5,7,9,12,14H,6,8,10-11H2,1-2H3;1-7,10,13H,8-9,11-12H2,(H,20,21)/t;19-;21-;;/m.00../s1. The number of para-hydroxylation sites is 1. The largest absolute Gasteiger partial charge is 0.496 e. The van der Waals surface area contributed by atoms with Crippen molar-refractivity contribution in [2.24, 2.45) is 25.0 Å². The van der Waals surface area contributed by atoms with Crippen LogP contribution in [0.25, 0.3) is 43.3 Å². The fourth-order valence-electron chi connectivity index (χ4n) is 20.4. The first-order valence-electron chi connectivity index (χ1n) is 46.5. The molecule has 9 heterocycles. The molecule has 22 rings (SSSR count). The lowest BCUT2D eigenvalue weighted by Crippen LogP contribution is -2.40. The smallest absolute Gasteiger partial charge is 0.137 e. The van der Waals surface area contributed by atoms with Gasteiger partial charge in [-0.15, -0.1) is 0 Å². The molecule has 1 N–H and O–H groups in total. The normalized spacial score (nSPS) is 17.2. The SMILES string of the molecule is COc1ccc(Br)cc1CCc1c(Cl)cccc1C1=NCCN1C(C)C#N.Clc1cccc(C2=NC[C@@H]3CCCN23)c1CCc1cccc2ccccc12.c1ccc(C2=NCC3CCCCN23)c(CCc2cccc3ccccc23)c1.c1ccc(C2=NCCN2)c(CCc2cccc3ccoc23)c1.c1ccc(C2=NC[C@@H]3CCCN23)c(CCc2cccc3ccccc23)c1. The van der Waals surface area contributed by atoms with Crippen LogP contribution in [0, 0.1) is 11.3 Å². The van der Waals surface area contributed by atoms with E-state index in [4.69, 9.17) is 47.3 Å². The van der Waals surface area contributed by atoms with Gasteiger partial charge in [-0.25, -0.2) is 0 Å². The highest BCUT2D eigenvalue weighted by atomic mass is 79.9. The van der Waals surface area contributed by atoms with Crippen LogP contribution in [0.3, 0.4) is 0 Å².